The van der Waals surface area contributed by atoms with E-state index in [1.165, 1.54) is 0 Å². The van der Waals surface area contributed by atoms with Crippen LogP contribution in [0.5, 0.6) is 0 Å². The molecule has 0 radical (unpaired) electrons. The first-order valence-corrected chi connectivity index (χ1v) is 7.60. The molecule has 1 aromatic rings. The molecule has 0 aromatic heterocycles. The number of thiocarbonyl (C=S) groups is 1. The Hall–Kier alpha value is -1.66. The van der Waals surface area contributed by atoms with Gasteiger partial charge in [0.2, 0.25) is 0 Å². The zero-order valence-electron chi connectivity index (χ0n) is 12.9. The Morgan fingerprint density at radius 1 is 1.19 bits per heavy atom. The third-order valence-corrected chi connectivity index (χ3v) is 3.55. The van der Waals surface area contributed by atoms with Crippen molar-refractivity contribution in [3.8, 4) is 0 Å². The number of nitrogens with zero attached hydrogens (tertiary/aromatic N) is 1. The lowest BCUT2D eigenvalue weighted by Crippen LogP contribution is -2.34. The normalized spacial score (nSPS) is 10.3. The summed E-state index contributed by atoms with van der Waals surface area (Å²) in [5.41, 5.74) is 1.50. The van der Waals surface area contributed by atoms with Crippen molar-refractivity contribution in [3.05, 3.63) is 29.8 Å². The summed E-state index contributed by atoms with van der Waals surface area (Å²) in [5.74, 6) is -0.0510. The van der Waals surface area contributed by atoms with E-state index in [9.17, 15) is 4.79 Å². The summed E-state index contributed by atoms with van der Waals surface area (Å²) in [5, 5.41) is 9.33. The Bertz CT molecular complexity index is 457. The van der Waals surface area contributed by atoms with E-state index in [0.29, 0.717) is 17.2 Å². The molecule has 21 heavy (non-hydrogen) atoms. The van der Waals surface area contributed by atoms with E-state index in [1.807, 2.05) is 12.1 Å². The van der Waals surface area contributed by atoms with Gasteiger partial charge in [-0.1, -0.05) is 13.8 Å². The molecule has 5 nitrogen and oxygen atoms in total. The van der Waals surface area contributed by atoms with E-state index in [4.69, 9.17) is 12.2 Å². The average molecular weight is 308 g/mol. The number of benzene rings is 1. The van der Waals surface area contributed by atoms with E-state index in [-0.39, 0.29) is 5.91 Å². The van der Waals surface area contributed by atoms with Crippen LogP contribution in [0.4, 0.5) is 5.69 Å². The fraction of sp³-hybridized carbons (Fsp3) is 0.467. The fourth-order valence-electron chi connectivity index (χ4n) is 1.87. The Morgan fingerprint density at radius 3 is 2.33 bits per heavy atom. The summed E-state index contributed by atoms with van der Waals surface area (Å²) in [7, 11) is 1.76. The maximum atomic E-state index is 12.0. The zero-order chi connectivity index (χ0) is 15.7. The number of anilines is 1. The van der Waals surface area contributed by atoms with Gasteiger partial charge in [0.1, 0.15) is 0 Å². The molecule has 1 amide bonds. The first kappa shape index (κ1) is 17.4. The summed E-state index contributed by atoms with van der Waals surface area (Å²) in [6.07, 6.45) is 0. The van der Waals surface area contributed by atoms with Crippen LogP contribution in [0.25, 0.3) is 0 Å². The lowest BCUT2D eigenvalue weighted by Gasteiger charge is -2.18. The number of hydrogen-bond acceptors (Lipinski definition) is 3. The highest BCUT2D eigenvalue weighted by molar-refractivity contribution is 7.80. The number of amides is 1. The van der Waals surface area contributed by atoms with E-state index in [0.717, 1.165) is 25.3 Å². The van der Waals surface area contributed by atoms with Gasteiger partial charge in [-0.2, -0.15) is 0 Å². The summed E-state index contributed by atoms with van der Waals surface area (Å²) < 4.78 is 0. The van der Waals surface area contributed by atoms with E-state index >= 15 is 0 Å². The number of hydrogen-bond donors (Lipinski definition) is 3. The van der Waals surface area contributed by atoms with Crippen molar-refractivity contribution in [2.75, 3.05) is 38.5 Å². The molecule has 0 saturated carbocycles. The predicted octanol–water partition coefficient (Wildman–Crippen LogP) is 1.67. The molecule has 1 aromatic carbocycles. The smallest absolute Gasteiger partial charge is 0.251 e. The van der Waals surface area contributed by atoms with Crippen molar-refractivity contribution in [3.63, 3.8) is 0 Å². The number of rotatable bonds is 7. The number of nitrogens with one attached hydrogen (secondary N) is 3. The molecule has 0 aliphatic carbocycles. The van der Waals surface area contributed by atoms with Crippen molar-refractivity contribution in [1.82, 2.24) is 15.5 Å². The highest BCUT2D eigenvalue weighted by Crippen LogP contribution is 2.09. The van der Waals surface area contributed by atoms with Crippen molar-refractivity contribution in [2.45, 2.75) is 13.8 Å². The topological polar surface area (TPSA) is 56.4 Å². The molecular weight excluding hydrogens is 284 g/mol. The van der Waals surface area contributed by atoms with Crippen molar-refractivity contribution < 1.29 is 4.79 Å². The van der Waals surface area contributed by atoms with Crippen LogP contribution in [0.3, 0.4) is 0 Å². The minimum absolute atomic E-state index is 0.0510. The molecule has 1 rings (SSSR count). The molecule has 116 valence electrons. The number of carbonyl (C=O) groups is 1. The fourth-order valence-corrected chi connectivity index (χ4v) is 1.99. The van der Waals surface area contributed by atoms with Crippen molar-refractivity contribution in [1.29, 1.82) is 0 Å². The average Bonchev–Trinajstić information content (AvgIpc) is 2.52. The van der Waals surface area contributed by atoms with Gasteiger partial charge in [-0.25, -0.2) is 0 Å². The van der Waals surface area contributed by atoms with Gasteiger partial charge >= 0.3 is 0 Å². The molecule has 0 unspecified atom stereocenters. The van der Waals surface area contributed by atoms with Crippen LogP contribution >= 0.6 is 12.2 Å². The largest absolute Gasteiger partial charge is 0.366 e. The standard InChI is InChI=1S/C15H24N4OS/c1-4-19(5-2)11-10-17-14(20)12-6-8-13(9-7-12)18-15(21)16-3/h6-9H,4-5,10-11H2,1-3H3,(H,17,20)(H2,16,18,21). The zero-order valence-corrected chi connectivity index (χ0v) is 13.7. The van der Waals surface area contributed by atoms with Gasteiger partial charge in [-0.15, -0.1) is 0 Å². The quantitative estimate of drug-likeness (QED) is 0.669. The summed E-state index contributed by atoms with van der Waals surface area (Å²) in [4.78, 5) is 14.3. The SMILES string of the molecule is CCN(CC)CCNC(=O)c1ccc(NC(=S)NC)cc1. The molecular formula is C15H24N4OS. The van der Waals surface area contributed by atoms with E-state index in [1.54, 1.807) is 19.2 Å². The molecule has 6 heteroatoms. The highest BCUT2D eigenvalue weighted by Gasteiger charge is 2.06. The van der Waals surface area contributed by atoms with Gasteiger partial charge in [0, 0.05) is 31.4 Å². The van der Waals surface area contributed by atoms with E-state index in [2.05, 4.69) is 34.7 Å². The minimum Gasteiger partial charge on any atom is -0.366 e. The van der Waals surface area contributed by atoms with Crippen LogP contribution in [-0.2, 0) is 0 Å². The Labute approximate surface area is 132 Å². The molecule has 3 N–H and O–H groups in total. The molecule has 0 fully saturated rings. The van der Waals surface area contributed by atoms with E-state index < -0.39 is 0 Å². The summed E-state index contributed by atoms with van der Waals surface area (Å²) in [6.45, 7) is 7.76. The Morgan fingerprint density at radius 2 is 1.81 bits per heavy atom. The number of carbonyl (C=O) groups excluding carboxylic acids is 1. The molecule has 0 aliphatic rings. The van der Waals surface area contributed by atoms with Gasteiger partial charge in [-0.05, 0) is 49.6 Å². The third kappa shape index (κ3) is 6.10. The maximum Gasteiger partial charge on any atom is 0.251 e. The van der Waals surface area contributed by atoms with Crippen molar-refractivity contribution in [2.24, 2.45) is 0 Å². The Kier molecular flexibility index (Phi) is 7.71. The van der Waals surface area contributed by atoms with Crippen LogP contribution in [0.15, 0.2) is 24.3 Å². The third-order valence-electron chi connectivity index (χ3n) is 3.24. The number of likely N-dealkylation sites (N-methyl/N-ethyl adjacent to an activating group) is 1. The lowest BCUT2D eigenvalue weighted by molar-refractivity contribution is 0.0949. The van der Waals surface area contributed by atoms with Gasteiger partial charge in [-0.3, -0.25) is 4.79 Å². The van der Waals surface area contributed by atoms with Crippen LogP contribution in [-0.4, -0.2) is 49.1 Å². The first-order valence-electron chi connectivity index (χ1n) is 7.20. The molecule has 0 atom stereocenters. The van der Waals surface area contributed by atoms with Gasteiger partial charge in [0.05, 0.1) is 0 Å². The Balaban J connectivity index is 2.46. The summed E-state index contributed by atoms with van der Waals surface area (Å²) in [6, 6.07) is 7.24. The van der Waals surface area contributed by atoms with Gasteiger partial charge in [0.25, 0.3) is 5.91 Å². The predicted molar refractivity (Wildman–Crippen MR) is 91.8 cm³/mol. The van der Waals surface area contributed by atoms with Gasteiger partial charge < -0.3 is 20.9 Å². The second kappa shape index (κ2) is 9.31. The molecule has 0 spiro atoms. The van der Waals surface area contributed by atoms with Gasteiger partial charge in [0.15, 0.2) is 5.11 Å². The molecule has 0 saturated heterocycles. The van der Waals surface area contributed by atoms with Crippen molar-refractivity contribution >= 4 is 28.9 Å². The van der Waals surface area contributed by atoms with Crippen LogP contribution in [0.1, 0.15) is 24.2 Å². The lowest BCUT2D eigenvalue weighted by atomic mass is 10.2. The van der Waals surface area contributed by atoms with Crippen LogP contribution in [0.2, 0.25) is 0 Å². The second-order valence-electron chi connectivity index (χ2n) is 4.56. The molecule has 0 aliphatic heterocycles. The maximum absolute atomic E-state index is 12.0. The van der Waals surface area contributed by atoms with Crippen LogP contribution in [0, 0.1) is 0 Å². The monoisotopic (exact) mass is 308 g/mol. The first-order chi connectivity index (χ1) is 10.1. The second-order valence-corrected chi connectivity index (χ2v) is 4.97. The molecule has 0 heterocycles. The van der Waals surface area contributed by atoms with Crippen LogP contribution < -0.4 is 16.0 Å². The molecule has 0 bridgehead atoms. The summed E-state index contributed by atoms with van der Waals surface area (Å²) >= 11 is 5.02. The highest BCUT2D eigenvalue weighted by atomic mass is 32.1. The minimum atomic E-state index is -0.0510.